The first-order chi connectivity index (χ1) is 11.7. The van der Waals surface area contributed by atoms with Crippen LogP contribution in [0.2, 0.25) is 0 Å². The molecule has 0 saturated carbocycles. The van der Waals surface area contributed by atoms with Crippen molar-refractivity contribution in [3.63, 3.8) is 0 Å². The van der Waals surface area contributed by atoms with E-state index in [4.69, 9.17) is 0 Å². The Kier molecular flexibility index (Phi) is 4.86. The normalized spacial score (nSPS) is 11.7. The molecule has 0 saturated heterocycles. The number of aryl methyl sites for hydroxylation is 1. The second kappa shape index (κ2) is 7.41. The minimum absolute atomic E-state index is 0.210. The molecule has 0 aliphatic heterocycles. The monoisotopic (exact) mass is 321 g/mol. The van der Waals surface area contributed by atoms with E-state index in [0.717, 1.165) is 16.8 Å². The topological polar surface area (TPSA) is 71.8 Å². The van der Waals surface area contributed by atoms with Gasteiger partial charge in [-0.15, -0.1) is 0 Å². The third kappa shape index (κ3) is 4.19. The molecule has 2 N–H and O–H groups in total. The maximum atomic E-state index is 12.3. The third-order valence-electron chi connectivity index (χ3n) is 3.65. The van der Waals surface area contributed by atoms with Crippen LogP contribution < -0.4 is 10.6 Å². The van der Waals surface area contributed by atoms with Crippen molar-refractivity contribution in [2.75, 3.05) is 5.32 Å². The molecule has 0 aliphatic rings. The molecular weight excluding hydrogens is 302 g/mol. The minimum atomic E-state index is -0.257. The number of carbonyl (C=O) groups excluding carboxylic acids is 1. The van der Waals surface area contributed by atoms with Crippen LogP contribution in [0.25, 0.3) is 0 Å². The Balaban J connectivity index is 1.71. The lowest BCUT2D eigenvalue weighted by atomic mass is 10.1. The van der Waals surface area contributed by atoms with E-state index < -0.39 is 0 Å². The van der Waals surface area contributed by atoms with E-state index in [1.807, 2.05) is 61.5 Å². The van der Waals surface area contributed by atoms with Gasteiger partial charge >= 0.3 is 6.03 Å². The first-order valence-corrected chi connectivity index (χ1v) is 7.72. The lowest BCUT2D eigenvalue weighted by Crippen LogP contribution is -2.35. The molecule has 6 heteroatoms. The molecule has 1 unspecified atom stereocenters. The second-order valence-electron chi connectivity index (χ2n) is 5.55. The average molecular weight is 321 g/mol. The maximum absolute atomic E-state index is 12.3. The van der Waals surface area contributed by atoms with Gasteiger partial charge in [0.15, 0.2) is 0 Å². The van der Waals surface area contributed by atoms with Gasteiger partial charge in [0.1, 0.15) is 12.7 Å². The smallest absolute Gasteiger partial charge is 0.319 e. The zero-order chi connectivity index (χ0) is 16.8. The van der Waals surface area contributed by atoms with Gasteiger partial charge < -0.3 is 10.6 Å². The van der Waals surface area contributed by atoms with Gasteiger partial charge in [0.25, 0.3) is 0 Å². The Morgan fingerprint density at radius 1 is 1.12 bits per heavy atom. The van der Waals surface area contributed by atoms with E-state index in [1.165, 1.54) is 6.33 Å². The fourth-order valence-corrected chi connectivity index (χ4v) is 2.40. The molecule has 1 aromatic heterocycles. The van der Waals surface area contributed by atoms with Gasteiger partial charge in [-0.25, -0.2) is 9.78 Å². The summed E-state index contributed by atoms with van der Waals surface area (Å²) in [6.45, 7) is 2.51. The Labute approximate surface area is 140 Å². The zero-order valence-corrected chi connectivity index (χ0v) is 13.4. The van der Waals surface area contributed by atoms with Crippen LogP contribution in [0.5, 0.6) is 0 Å². The molecule has 1 heterocycles. The molecule has 3 rings (SSSR count). The summed E-state index contributed by atoms with van der Waals surface area (Å²) in [4.78, 5) is 16.3. The van der Waals surface area contributed by atoms with Crippen molar-refractivity contribution in [3.8, 4) is 0 Å². The number of aromatic nitrogens is 3. The fraction of sp³-hybridized carbons (Fsp3) is 0.167. The van der Waals surface area contributed by atoms with Crippen molar-refractivity contribution in [2.45, 2.75) is 19.5 Å². The van der Waals surface area contributed by atoms with E-state index in [9.17, 15) is 4.79 Å². The van der Waals surface area contributed by atoms with Crippen LogP contribution in [0.15, 0.2) is 67.3 Å². The van der Waals surface area contributed by atoms with Gasteiger partial charge in [-0.05, 0) is 24.6 Å². The molecule has 0 aliphatic carbocycles. The quantitative estimate of drug-likeness (QED) is 0.758. The van der Waals surface area contributed by atoms with Crippen molar-refractivity contribution >= 4 is 11.7 Å². The number of hydrogen-bond donors (Lipinski definition) is 2. The summed E-state index contributed by atoms with van der Waals surface area (Å²) in [5.74, 6) is 0. The largest absolute Gasteiger partial charge is 0.329 e. The summed E-state index contributed by atoms with van der Waals surface area (Å²) < 4.78 is 1.70. The van der Waals surface area contributed by atoms with E-state index in [-0.39, 0.29) is 12.1 Å². The highest BCUT2D eigenvalue weighted by atomic mass is 16.2. The van der Waals surface area contributed by atoms with Gasteiger partial charge in [-0.1, -0.05) is 48.0 Å². The first-order valence-electron chi connectivity index (χ1n) is 7.72. The number of hydrogen-bond acceptors (Lipinski definition) is 3. The Morgan fingerprint density at radius 3 is 2.54 bits per heavy atom. The Morgan fingerprint density at radius 2 is 1.88 bits per heavy atom. The number of amides is 2. The molecule has 1 atom stereocenters. The standard InChI is InChI=1S/C18H19N5O/c1-14-7-9-16(10-8-14)21-18(24)22-17(11-23-13-19-12-20-23)15-5-3-2-4-6-15/h2-10,12-13,17H,11H2,1H3,(H2,21,22,24). The molecule has 0 bridgehead atoms. The van der Waals surface area contributed by atoms with Crippen LogP contribution >= 0.6 is 0 Å². The van der Waals surface area contributed by atoms with E-state index >= 15 is 0 Å². The number of benzene rings is 2. The molecular formula is C18H19N5O. The highest BCUT2D eigenvalue weighted by molar-refractivity contribution is 5.89. The predicted molar refractivity (Wildman–Crippen MR) is 92.5 cm³/mol. The van der Waals surface area contributed by atoms with E-state index in [2.05, 4.69) is 20.7 Å². The van der Waals surface area contributed by atoms with Gasteiger partial charge in [-0.2, -0.15) is 5.10 Å². The number of anilines is 1. The average Bonchev–Trinajstić information content (AvgIpc) is 3.10. The van der Waals surface area contributed by atoms with Crippen molar-refractivity contribution in [1.82, 2.24) is 20.1 Å². The van der Waals surface area contributed by atoms with Crippen molar-refractivity contribution < 1.29 is 4.79 Å². The Bertz CT molecular complexity index is 769. The van der Waals surface area contributed by atoms with Crippen LogP contribution in [0, 0.1) is 6.92 Å². The second-order valence-corrected chi connectivity index (χ2v) is 5.55. The van der Waals surface area contributed by atoms with E-state index in [1.54, 1.807) is 11.0 Å². The summed E-state index contributed by atoms with van der Waals surface area (Å²) in [6, 6.07) is 17.0. The first kappa shape index (κ1) is 15.7. The lowest BCUT2D eigenvalue weighted by Gasteiger charge is -2.19. The van der Waals surface area contributed by atoms with Gasteiger partial charge in [0.05, 0.1) is 12.6 Å². The van der Waals surface area contributed by atoms with Crippen molar-refractivity contribution in [2.24, 2.45) is 0 Å². The summed E-state index contributed by atoms with van der Waals surface area (Å²) in [5, 5.41) is 9.97. The number of rotatable bonds is 5. The summed E-state index contributed by atoms with van der Waals surface area (Å²) >= 11 is 0. The molecule has 0 fully saturated rings. The molecule has 6 nitrogen and oxygen atoms in total. The van der Waals surface area contributed by atoms with Crippen LogP contribution in [0.1, 0.15) is 17.2 Å². The fourth-order valence-electron chi connectivity index (χ4n) is 2.40. The zero-order valence-electron chi connectivity index (χ0n) is 13.4. The lowest BCUT2D eigenvalue weighted by molar-refractivity contribution is 0.246. The van der Waals surface area contributed by atoms with Crippen LogP contribution in [-0.2, 0) is 6.54 Å². The van der Waals surface area contributed by atoms with Gasteiger partial charge in [0.2, 0.25) is 0 Å². The highest BCUT2D eigenvalue weighted by Gasteiger charge is 2.15. The molecule has 0 radical (unpaired) electrons. The van der Waals surface area contributed by atoms with Crippen LogP contribution in [0.3, 0.4) is 0 Å². The van der Waals surface area contributed by atoms with Gasteiger partial charge in [-0.3, -0.25) is 4.68 Å². The minimum Gasteiger partial charge on any atom is -0.329 e. The molecule has 24 heavy (non-hydrogen) atoms. The van der Waals surface area contributed by atoms with Crippen molar-refractivity contribution in [3.05, 3.63) is 78.4 Å². The number of urea groups is 1. The highest BCUT2D eigenvalue weighted by Crippen LogP contribution is 2.15. The van der Waals surface area contributed by atoms with E-state index in [0.29, 0.717) is 6.54 Å². The third-order valence-corrected chi connectivity index (χ3v) is 3.65. The molecule has 2 amide bonds. The predicted octanol–water partition coefficient (Wildman–Crippen LogP) is 3.15. The van der Waals surface area contributed by atoms with Gasteiger partial charge in [0, 0.05) is 5.69 Å². The summed E-state index contributed by atoms with van der Waals surface area (Å²) in [5.41, 5.74) is 2.91. The molecule has 3 aromatic rings. The SMILES string of the molecule is Cc1ccc(NC(=O)NC(Cn2cncn2)c2ccccc2)cc1. The summed E-state index contributed by atoms with van der Waals surface area (Å²) in [7, 11) is 0. The van der Waals surface area contributed by atoms with Crippen molar-refractivity contribution in [1.29, 1.82) is 0 Å². The Hall–Kier alpha value is -3.15. The molecule has 2 aromatic carbocycles. The molecule has 122 valence electrons. The summed E-state index contributed by atoms with van der Waals surface area (Å²) in [6.07, 6.45) is 3.12. The number of nitrogens with zero attached hydrogens (tertiary/aromatic N) is 3. The van der Waals surface area contributed by atoms with Crippen LogP contribution in [-0.4, -0.2) is 20.8 Å². The van der Waals surface area contributed by atoms with Crippen LogP contribution in [0.4, 0.5) is 10.5 Å². The maximum Gasteiger partial charge on any atom is 0.319 e. The number of nitrogens with one attached hydrogen (secondary N) is 2. The molecule has 0 spiro atoms. The number of carbonyl (C=O) groups is 1.